The molecule has 0 bridgehead atoms. The number of aromatic nitrogens is 2. The molecule has 0 saturated carbocycles. The Morgan fingerprint density at radius 1 is 1.33 bits per heavy atom. The highest BCUT2D eigenvalue weighted by Crippen LogP contribution is 2.28. The Morgan fingerprint density at radius 2 is 2.19 bits per heavy atom. The largest absolute Gasteiger partial charge is 0.496 e. The van der Waals surface area contributed by atoms with Crippen molar-refractivity contribution in [2.45, 2.75) is 25.3 Å². The normalized spacial score (nSPS) is 19.8. The standard InChI is InChI=1S/C20H23ClN4O2/c1-24-7-5-13(11-24)19-22-10-14-12-25(8-6-17(14)23-19)20(26)16-9-15(21)3-4-18(16)27-2/h3-4,9-10,13H,5-8,11-12H2,1-2H3. The molecule has 6 nitrogen and oxygen atoms in total. The van der Waals surface area contributed by atoms with Gasteiger partial charge in [0.05, 0.1) is 18.4 Å². The summed E-state index contributed by atoms with van der Waals surface area (Å²) in [6.07, 6.45) is 3.74. The second-order valence-electron chi connectivity index (χ2n) is 7.27. The van der Waals surface area contributed by atoms with Crippen molar-refractivity contribution < 1.29 is 9.53 Å². The molecule has 142 valence electrons. The van der Waals surface area contributed by atoms with Crippen molar-refractivity contribution in [3.05, 3.63) is 52.1 Å². The number of carbonyl (C=O) groups excluding carboxylic acids is 1. The number of amides is 1. The highest BCUT2D eigenvalue weighted by atomic mass is 35.5. The van der Waals surface area contributed by atoms with Crippen LogP contribution >= 0.6 is 11.6 Å². The lowest BCUT2D eigenvalue weighted by atomic mass is 10.0. The minimum atomic E-state index is -0.0819. The van der Waals surface area contributed by atoms with Crippen LogP contribution in [0.5, 0.6) is 5.75 Å². The van der Waals surface area contributed by atoms with E-state index >= 15 is 0 Å². The molecule has 1 aromatic carbocycles. The van der Waals surface area contributed by atoms with Gasteiger partial charge in [-0.25, -0.2) is 9.97 Å². The van der Waals surface area contributed by atoms with Crippen molar-refractivity contribution in [3.63, 3.8) is 0 Å². The first-order chi connectivity index (χ1) is 13.0. The molecule has 0 N–H and O–H groups in total. The summed E-state index contributed by atoms with van der Waals surface area (Å²) < 4.78 is 5.33. The number of likely N-dealkylation sites (N-methyl/N-ethyl adjacent to an activating group) is 1. The van der Waals surface area contributed by atoms with Crippen LogP contribution in [0.1, 0.15) is 39.8 Å². The maximum absolute atomic E-state index is 13.0. The lowest BCUT2D eigenvalue weighted by Crippen LogP contribution is -2.37. The number of likely N-dealkylation sites (tertiary alicyclic amines) is 1. The Bertz CT molecular complexity index is 873. The zero-order valence-electron chi connectivity index (χ0n) is 15.6. The molecule has 2 aromatic rings. The second-order valence-corrected chi connectivity index (χ2v) is 7.71. The van der Waals surface area contributed by atoms with Gasteiger partial charge in [-0.05, 0) is 38.2 Å². The number of nitrogens with zero attached hydrogens (tertiary/aromatic N) is 4. The van der Waals surface area contributed by atoms with Gasteiger partial charge in [0, 0.05) is 48.8 Å². The predicted octanol–water partition coefficient (Wildman–Crippen LogP) is 2.76. The summed E-state index contributed by atoms with van der Waals surface area (Å²) in [4.78, 5) is 26.5. The number of fused-ring (bicyclic) bond motifs is 1. The molecule has 27 heavy (non-hydrogen) atoms. The van der Waals surface area contributed by atoms with Crippen LogP contribution in [-0.4, -0.2) is 59.5 Å². The van der Waals surface area contributed by atoms with Gasteiger partial charge < -0.3 is 14.5 Å². The zero-order chi connectivity index (χ0) is 19.0. The maximum Gasteiger partial charge on any atom is 0.257 e. The Kier molecular flexibility index (Phi) is 5.02. The van der Waals surface area contributed by atoms with Gasteiger partial charge in [0.15, 0.2) is 0 Å². The first kappa shape index (κ1) is 18.2. The minimum absolute atomic E-state index is 0.0819. The summed E-state index contributed by atoms with van der Waals surface area (Å²) in [6, 6.07) is 5.11. The van der Waals surface area contributed by atoms with Crippen molar-refractivity contribution >= 4 is 17.5 Å². The van der Waals surface area contributed by atoms with Crippen LogP contribution in [0.3, 0.4) is 0 Å². The molecule has 2 aliphatic rings. The molecule has 0 spiro atoms. The van der Waals surface area contributed by atoms with Crippen LogP contribution in [0.4, 0.5) is 0 Å². The van der Waals surface area contributed by atoms with E-state index in [1.807, 2.05) is 11.1 Å². The fraction of sp³-hybridized carbons (Fsp3) is 0.450. The molecule has 1 unspecified atom stereocenters. The van der Waals surface area contributed by atoms with Gasteiger partial charge in [-0.15, -0.1) is 0 Å². The number of methoxy groups -OCH3 is 1. The summed E-state index contributed by atoms with van der Waals surface area (Å²) in [6.45, 7) is 3.24. The van der Waals surface area contributed by atoms with Gasteiger partial charge in [-0.2, -0.15) is 0 Å². The molecule has 2 aliphatic heterocycles. The van der Waals surface area contributed by atoms with E-state index in [4.69, 9.17) is 21.3 Å². The lowest BCUT2D eigenvalue weighted by Gasteiger charge is -2.29. The van der Waals surface area contributed by atoms with E-state index < -0.39 is 0 Å². The van der Waals surface area contributed by atoms with E-state index in [-0.39, 0.29) is 5.91 Å². The number of ether oxygens (including phenoxy) is 1. The monoisotopic (exact) mass is 386 g/mol. The molecule has 4 rings (SSSR count). The topological polar surface area (TPSA) is 58.6 Å². The fourth-order valence-electron chi connectivity index (χ4n) is 3.87. The average Bonchev–Trinajstić information content (AvgIpc) is 3.13. The van der Waals surface area contributed by atoms with Gasteiger partial charge in [0.2, 0.25) is 0 Å². The first-order valence-corrected chi connectivity index (χ1v) is 9.59. The molecule has 1 fully saturated rings. The van der Waals surface area contributed by atoms with E-state index in [9.17, 15) is 4.79 Å². The highest BCUT2D eigenvalue weighted by Gasteiger charge is 2.28. The van der Waals surface area contributed by atoms with Gasteiger partial charge in [0.1, 0.15) is 11.6 Å². The quantitative estimate of drug-likeness (QED) is 0.811. The zero-order valence-corrected chi connectivity index (χ0v) is 16.4. The third kappa shape index (κ3) is 3.64. The van der Waals surface area contributed by atoms with Crippen molar-refractivity contribution in [1.29, 1.82) is 0 Å². The van der Waals surface area contributed by atoms with E-state index in [1.54, 1.807) is 25.3 Å². The van der Waals surface area contributed by atoms with E-state index in [0.717, 1.165) is 43.0 Å². The second kappa shape index (κ2) is 7.44. The van der Waals surface area contributed by atoms with Crippen molar-refractivity contribution in [1.82, 2.24) is 19.8 Å². The smallest absolute Gasteiger partial charge is 0.257 e. The van der Waals surface area contributed by atoms with Crippen molar-refractivity contribution in [2.75, 3.05) is 33.8 Å². The van der Waals surface area contributed by atoms with Crippen LogP contribution < -0.4 is 4.74 Å². The summed E-state index contributed by atoms with van der Waals surface area (Å²) in [5.41, 5.74) is 2.57. The molecular formula is C20H23ClN4O2. The van der Waals surface area contributed by atoms with Gasteiger partial charge in [-0.1, -0.05) is 11.6 Å². The molecule has 1 amide bonds. The van der Waals surface area contributed by atoms with Crippen LogP contribution in [0.15, 0.2) is 24.4 Å². The Balaban J connectivity index is 1.53. The number of halogens is 1. The molecule has 1 saturated heterocycles. The summed E-state index contributed by atoms with van der Waals surface area (Å²) >= 11 is 6.08. The Hall–Kier alpha value is -2.18. The average molecular weight is 387 g/mol. The summed E-state index contributed by atoms with van der Waals surface area (Å²) in [5.74, 6) is 1.80. The van der Waals surface area contributed by atoms with Gasteiger partial charge in [0.25, 0.3) is 5.91 Å². The van der Waals surface area contributed by atoms with Gasteiger partial charge >= 0.3 is 0 Å². The van der Waals surface area contributed by atoms with Crippen molar-refractivity contribution in [2.24, 2.45) is 0 Å². The molecule has 1 atom stereocenters. The molecule has 7 heteroatoms. The maximum atomic E-state index is 13.0. The van der Waals surface area contributed by atoms with E-state index in [0.29, 0.717) is 35.3 Å². The Labute approximate surface area is 164 Å². The molecule has 0 aliphatic carbocycles. The fourth-order valence-corrected chi connectivity index (χ4v) is 4.04. The van der Waals surface area contributed by atoms with E-state index in [1.165, 1.54) is 0 Å². The van der Waals surface area contributed by atoms with Crippen molar-refractivity contribution in [3.8, 4) is 5.75 Å². The lowest BCUT2D eigenvalue weighted by molar-refractivity contribution is 0.0729. The first-order valence-electron chi connectivity index (χ1n) is 9.21. The number of benzene rings is 1. The van der Waals surface area contributed by atoms with Crippen LogP contribution in [0.2, 0.25) is 5.02 Å². The number of rotatable bonds is 3. The third-order valence-electron chi connectivity index (χ3n) is 5.39. The van der Waals surface area contributed by atoms with Crippen LogP contribution in [0, 0.1) is 0 Å². The minimum Gasteiger partial charge on any atom is -0.496 e. The third-order valence-corrected chi connectivity index (χ3v) is 5.62. The predicted molar refractivity (Wildman–Crippen MR) is 103 cm³/mol. The molecule has 3 heterocycles. The number of carbonyl (C=O) groups is 1. The summed E-state index contributed by atoms with van der Waals surface area (Å²) in [7, 11) is 3.69. The molecular weight excluding hydrogens is 364 g/mol. The van der Waals surface area contributed by atoms with Crippen LogP contribution in [-0.2, 0) is 13.0 Å². The SMILES string of the molecule is COc1ccc(Cl)cc1C(=O)N1CCc2nc(C3CCN(C)C3)ncc2C1. The van der Waals surface area contributed by atoms with Crippen LogP contribution in [0.25, 0.3) is 0 Å². The molecule has 0 radical (unpaired) electrons. The highest BCUT2D eigenvalue weighted by molar-refractivity contribution is 6.31. The van der Waals surface area contributed by atoms with E-state index in [2.05, 4.69) is 16.9 Å². The number of hydrogen-bond donors (Lipinski definition) is 0. The number of hydrogen-bond acceptors (Lipinski definition) is 5. The summed E-state index contributed by atoms with van der Waals surface area (Å²) in [5, 5.41) is 0.520. The van der Waals surface area contributed by atoms with Gasteiger partial charge in [-0.3, -0.25) is 4.79 Å². The molecule has 1 aromatic heterocycles. The Morgan fingerprint density at radius 3 is 2.93 bits per heavy atom.